The molecule has 1 rings (SSSR count). The van der Waals surface area contributed by atoms with E-state index in [4.69, 9.17) is 9.47 Å². The van der Waals surface area contributed by atoms with E-state index in [1.54, 1.807) is 43.5 Å². The van der Waals surface area contributed by atoms with E-state index in [1.165, 1.54) is 6.92 Å². The number of ether oxygens (including phenoxy) is 2. The third kappa shape index (κ3) is 4.51. The monoisotopic (exact) mass is 248 g/mol. The lowest BCUT2D eigenvalue weighted by atomic mass is 10.1. The summed E-state index contributed by atoms with van der Waals surface area (Å²) in [6.07, 6.45) is 3.48. The summed E-state index contributed by atoms with van der Waals surface area (Å²) in [5.74, 6) is -0.440. The molecule has 0 unspecified atom stereocenters. The van der Waals surface area contributed by atoms with Gasteiger partial charge in [0.2, 0.25) is 0 Å². The zero-order valence-corrected chi connectivity index (χ0v) is 10.5. The molecule has 96 valence electrons. The molecule has 18 heavy (non-hydrogen) atoms. The van der Waals surface area contributed by atoms with Gasteiger partial charge < -0.3 is 9.47 Å². The minimum atomic E-state index is -0.410. The Morgan fingerprint density at radius 3 is 2.17 bits per heavy atom. The number of methoxy groups -OCH3 is 1. The third-order valence-corrected chi connectivity index (χ3v) is 2.27. The molecule has 0 aliphatic heterocycles. The van der Waals surface area contributed by atoms with Crippen LogP contribution in [0.25, 0.3) is 0 Å². The van der Waals surface area contributed by atoms with Gasteiger partial charge in [-0.2, -0.15) is 0 Å². The Labute approximate surface area is 106 Å². The Kier molecular flexibility index (Phi) is 5.80. The predicted molar refractivity (Wildman–Crippen MR) is 67.7 cm³/mol. The first-order chi connectivity index (χ1) is 8.65. The first-order valence-electron chi connectivity index (χ1n) is 5.57. The van der Waals surface area contributed by atoms with Crippen LogP contribution in [0.5, 0.6) is 0 Å². The number of rotatable bonds is 6. The number of hydrogen-bond acceptors (Lipinski definition) is 4. The number of ketones is 1. The number of hydrogen-bond donors (Lipinski definition) is 0. The van der Waals surface area contributed by atoms with Gasteiger partial charge in [0.15, 0.2) is 5.78 Å². The second-order valence-electron chi connectivity index (χ2n) is 3.66. The molecule has 1 aromatic rings. The number of Topliss-reactive ketones (excluding diaryl/α,β-unsaturated/α-hetero) is 1. The fourth-order valence-corrected chi connectivity index (χ4v) is 1.28. The Morgan fingerprint density at radius 1 is 1.06 bits per heavy atom. The Morgan fingerprint density at radius 2 is 1.61 bits per heavy atom. The topological polar surface area (TPSA) is 52.6 Å². The molecule has 0 heterocycles. The molecule has 4 nitrogen and oxygen atoms in total. The molecule has 0 fully saturated rings. The standard InChI is InChI=1S/C14H16O4/c1-11(15)12-5-7-13(8-6-12)14(16)18-10-4-3-9-17-2/h3-8H,9-10H2,1-2H3. The molecule has 0 bridgehead atoms. The summed E-state index contributed by atoms with van der Waals surface area (Å²) in [7, 11) is 1.59. The first kappa shape index (κ1) is 14.1. The van der Waals surface area contributed by atoms with Crippen molar-refractivity contribution in [2.75, 3.05) is 20.3 Å². The molecule has 0 aliphatic carbocycles. The van der Waals surface area contributed by atoms with E-state index < -0.39 is 5.97 Å². The lowest BCUT2D eigenvalue weighted by molar-refractivity contribution is 0.0548. The van der Waals surface area contributed by atoms with E-state index in [-0.39, 0.29) is 12.4 Å². The van der Waals surface area contributed by atoms with Crippen LogP contribution in [0.1, 0.15) is 27.6 Å². The predicted octanol–water partition coefficient (Wildman–Crippen LogP) is 2.25. The van der Waals surface area contributed by atoms with E-state index in [0.29, 0.717) is 17.7 Å². The lowest BCUT2D eigenvalue weighted by Gasteiger charge is -2.02. The summed E-state index contributed by atoms with van der Waals surface area (Å²) in [4.78, 5) is 22.6. The summed E-state index contributed by atoms with van der Waals surface area (Å²) in [6.45, 7) is 2.18. The molecule has 0 saturated heterocycles. The van der Waals surface area contributed by atoms with Gasteiger partial charge in [0, 0.05) is 12.7 Å². The van der Waals surface area contributed by atoms with Crippen molar-refractivity contribution < 1.29 is 19.1 Å². The van der Waals surface area contributed by atoms with Gasteiger partial charge in [-0.15, -0.1) is 0 Å². The van der Waals surface area contributed by atoms with Crippen LogP contribution in [0.2, 0.25) is 0 Å². The van der Waals surface area contributed by atoms with Crippen molar-refractivity contribution in [2.45, 2.75) is 6.92 Å². The second kappa shape index (κ2) is 7.40. The summed E-state index contributed by atoms with van der Waals surface area (Å²) in [5, 5.41) is 0. The van der Waals surface area contributed by atoms with Crippen molar-refractivity contribution in [3.63, 3.8) is 0 Å². The van der Waals surface area contributed by atoms with Gasteiger partial charge in [0.25, 0.3) is 0 Å². The van der Waals surface area contributed by atoms with E-state index >= 15 is 0 Å². The maximum absolute atomic E-state index is 11.6. The number of esters is 1. The van der Waals surface area contributed by atoms with Gasteiger partial charge in [-0.3, -0.25) is 4.79 Å². The largest absolute Gasteiger partial charge is 0.458 e. The van der Waals surface area contributed by atoms with Crippen LogP contribution in [0, 0.1) is 0 Å². The van der Waals surface area contributed by atoms with E-state index in [0.717, 1.165) is 0 Å². The number of carbonyl (C=O) groups is 2. The van der Waals surface area contributed by atoms with Crippen LogP contribution in [-0.4, -0.2) is 32.1 Å². The molecule has 0 N–H and O–H groups in total. The zero-order chi connectivity index (χ0) is 13.4. The van der Waals surface area contributed by atoms with Crippen molar-refractivity contribution in [1.82, 2.24) is 0 Å². The van der Waals surface area contributed by atoms with E-state index in [1.807, 2.05) is 0 Å². The maximum atomic E-state index is 11.6. The average molecular weight is 248 g/mol. The summed E-state index contributed by atoms with van der Waals surface area (Å²) in [5.41, 5.74) is 1.01. The number of carbonyl (C=O) groups excluding carboxylic acids is 2. The van der Waals surface area contributed by atoms with Gasteiger partial charge in [-0.1, -0.05) is 18.2 Å². The third-order valence-electron chi connectivity index (χ3n) is 2.27. The minimum absolute atomic E-state index is 0.0302. The van der Waals surface area contributed by atoms with Crippen LogP contribution in [0.15, 0.2) is 36.4 Å². The van der Waals surface area contributed by atoms with E-state index in [9.17, 15) is 9.59 Å². The quantitative estimate of drug-likeness (QED) is 0.440. The molecular formula is C14H16O4. The molecule has 0 atom stereocenters. The fraction of sp³-hybridized carbons (Fsp3) is 0.286. The highest BCUT2D eigenvalue weighted by Gasteiger charge is 2.06. The maximum Gasteiger partial charge on any atom is 0.338 e. The highest BCUT2D eigenvalue weighted by atomic mass is 16.5. The number of benzene rings is 1. The molecule has 0 aliphatic rings. The molecule has 1 aromatic carbocycles. The van der Waals surface area contributed by atoms with Crippen molar-refractivity contribution in [3.05, 3.63) is 47.5 Å². The zero-order valence-electron chi connectivity index (χ0n) is 10.5. The molecular weight excluding hydrogens is 232 g/mol. The Bertz CT molecular complexity index is 432. The SMILES string of the molecule is COCC=CCOC(=O)c1ccc(C(C)=O)cc1. The molecule has 0 spiro atoms. The lowest BCUT2D eigenvalue weighted by Crippen LogP contribution is -2.05. The van der Waals surface area contributed by atoms with Crippen molar-refractivity contribution in [2.24, 2.45) is 0 Å². The van der Waals surface area contributed by atoms with Crippen LogP contribution in [0.3, 0.4) is 0 Å². The van der Waals surface area contributed by atoms with Crippen molar-refractivity contribution in [3.8, 4) is 0 Å². The average Bonchev–Trinajstić information content (AvgIpc) is 2.38. The van der Waals surface area contributed by atoms with Crippen molar-refractivity contribution in [1.29, 1.82) is 0 Å². The van der Waals surface area contributed by atoms with Gasteiger partial charge in [0.1, 0.15) is 6.61 Å². The summed E-state index contributed by atoms with van der Waals surface area (Å²) >= 11 is 0. The highest BCUT2D eigenvalue weighted by molar-refractivity contribution is 5.96. The van der Waals surface area contributed by atoms with Gasteiger partial charge in [-0.05, 0) is 25.1 Å². The summed E-state index contributed by atoms with van der Waals surface area (Å²) in [6, 6.07) is 6.38. The molecule has 0 amide bonds. The first-order valence-corrected chi connectivity index (χ1v) is 5.57. The second-order valence-corrected chi connectivity index (χ2v) is 3.66. The molecule has 0 saturated carbocycles. The van der Waals surface area contributed by atoms with Crippen LogP contribution in [0.4, 0.5) is 0 Å². The minimum Gasteiger partial charge on any atom is -0.458 e. The van der Waals surface area contributed by atoms with Crippen molar-refractivity contribution >= 4 is 11.8 Å². The highest BCUT2D eigenvalue weighted by Crippen LogP contribution is 2.06. The van der Waals surface area contributed by atoms with Gasteiger partial charge in [-0.25, -0.2) is 4.79 Å². The molecule has 4 heteroatoms. The summed E-state index contributed by atoms with van der Waals surface area (Å²) < 4.78 is 9.82. The van der Waals surface area contributed by atoms with Crippen LogP contribution >= 0.6 is 0 Å². The molecule has 0 aromatic heterocycles. The fourth-order valence-electron chi connectivity index (χ4n) is 1.28. The van der Waals surface area contributed by atoms with Crippen LogP contribution in [-0.2, 0) is 9.47 Å². The van der Waals surface area contributed by atoms with Crippen LogP contribution < -0.4 is 0 Å². The van der Waals surface area contributed by atoms with E-state index in [2.05, 4.69) is 0 Å². The normalized spacial score (nSPS) is 10.6. The Hall–Kier alpha value is -1.94. The Balaban J connectivity index is 2.49. The molecule has 0 radical (unpaired) electrons. The van der Waals surface area contributed by atoms with Gasteiger partial charge >= 0.3 is 5.97 Å². The van der Waals surface area contributed by atoms with Gasteiger partial charge in [0.05, 0.1) is 12.2 Å². The smallest absolute Gasteiger partial charge is 0.338 e.